The van der Waals surface area contributed by atoms with Gasteiger partial charge in [-0.05, 0) is 37.7 Å². The van der Waals surface area contributed by atoms with Gasteiger partial charge in [0.15, 0.2) is 0 Å². The van der Waals surface area contributed by atoms with Gasteiger partial charge in [0.05, 0.1) is 18.2 Å². The number of rotatable bonds is 6. The Morgan fingerprint density at radius 2 is 1.90 bits per heavy atom. The summed E-state index contributed by atoms with van der Waals surface area (Å²) in [6, 6.07) is 9.12. The van der Waals surface area contributed by atoms with E-state index in [1.807, 2.05) is 44.2 Å². The topological polar surface area (TPSA) is 155 Å². The Morgan fingerprint density at radius 1 is 1.12 bits per heavy atom. The van der Waals surface area contributed by atoms with Crippen molar-refractivity contribution in [1.29, 1.82) is 0 Å². The van der Waals surface area contributed by atoms with Crippen molar-refractivity contribution in [3.8, 4) is 0 Å². The van der Waals surface area contributed by atoms with Crippen molar-refractivity contribution in [3.63, 3.8) is 0 Å². The molecule has 2 aromatic heterocycles. The van der Waals surface area contributed by atoms with Gasteiger partial charge in [-0.3, -0.25) is 19.2 Å². The van der Waals surface area contributed by atoms with Crippen molar-refractivity contribution < 1.29 is 23.7 Å². The highest BCUT2D eigenvalue weighted by Gasteiger charge is 2.29. The molecule has 0 fully saturated rings. The monoisotopic (exact) mass is 580 g/mol. The lowest BCUT2D eigenvalue weighted by molar-refractivity contribution is -0.129. The van der Waals surface area contributed by atoms with E-state index >= 15 is 0 Å². The molecule has 2 bridgehead atoms. The summed E-state index contributed by atoms with van der Waals surface area (Å²) in [6.45, 7) is 6.02. The van der Waals surface area contributed by atoms with E-state index < -0.39 is 24.0 Å². The second-order valence-corrected chi connectivity index (χ2v) is 11.4. The average Bonchev–Trinajstić information content (AvgIpc) is 3.59. The SMILES string of the molecule is Cc1cc(CC(=O)N[C@H]2CCCCNC(=O)[C@@H](Cc3ccccc3)NC(=O)c3csc(n3)[C@@H](C(C)C)NC2=O)on1. The predicted molar refractivity (Wildman–Crippen MR) is 153 cm³/mol. The number of amides is 4. The molecule has 3 atom stereocenters. The largest absolute Gasteiger partial charge is 0.361 e. The number of carbonyl (C=O) groups excluding carboxylic acids is 4. The van der Waals surface area contributed by atoms with Crippen LogP contribution in [0.2, 0.25) is 0 Å². The standard InChI is InChI=1S/C29H36N6O5S/c1-17(2)25-29-33-23(16-41-29)28(39)32-22(14-19-9-5-4-6-10-19)26(37)30-12-8-7-11-21(27(38)34-25)31-24(36)15-20-13-18(3)35-40-20/h4-6,9-10,13,16-17,21-22,25H,7-8,11-12,14-15H2,1-3H3,(H,30,37)(H,31,36)(H,32,39)(H,34,38)/t21-,22+,25+/m0/s1. The molecule has 1 aromatic carbocycles. The number of aromatic nitrogens is 2. The van der Waals surface area contributed by atoms with Crippen LogP contribution >= 0.6 is 11.3 Å². The average molecular weight is 581 g/mol. The Balaban J connectivity index is 1.54. The van der Waals surface area contributed by atoms with E-state index in [2.05, 4.69) is 31.4 Å². The number of nitrogens with zero attached hydrogens (tertiary/aromatic N) is 2. The molecule has 4 rings (SSSR count). The maximum atomic E-state index is 13.4. The van der Waals surface area contributed by atoms with Crippen molar-refractivity contribution in [2.75, 3.05) is 6.54 Å². The fourth-order valence-corrected chi connectivity index (χ4v) is 5.59. The molecule has 12 heteroatoms. The summed E-state index contributed by atoms with van der Waals surface area (Å²) in [5.41, 5.74) is 1.76. The maximum absolute atomic E-state index is 13.4. The first-order chi connectivity index (χ1) is 19.7. The number of carbonyl (C=O) groups is 4. The maximum Gasteiger partial charge on any atom is 0.271 e. The number of hydrogen-bond donors (Lipinski definition) is 4. The highest BCUT2D eigenvalue weighted by Crippen LogP contribution is 2.26. The number of nitrogens with one attached hydrogen (secondary N) is 4. The highest BCUT2D eigenvalue weighted by atomic mass is 32.1. The fourth-order valence-electron chi connectivity index (χ4n) is 4.57. The molecule has 1 aliphatic rings. The molecule has 0 aliphatic carbocycles. The zero-order chi connectivity index (χ0) is 29.4. The van der Waals surface area contributed by atoms with Crippen LogP contribution in [0, 0.1) is 12.8 Å². The Morgan fingerprint density at radius 3 is 2.61 bits per heavy atom. The summed E-state index contributed by atoms with van der Waals surface area (Å²) in [4.78, 5) is 57.0. The van der Waals surface area contributed by atoms with Gasteiger partial charge in [0.1, 0.15) is 28.5 Å². The number of hydrogen-bond acceptors (Lipinski definition) is 8. The summed E-state index contributed by atoms with van der Waals surface area (Å²) in [5.74, 6) is -1.08. The van der Waals surface area contributed by atoms with Gasteiger partial charge in [-0.2, -0.15) is 0 Å². The Labute approximate surface area is 242 Å². The molecule has 4 amide bonds. The highest BCUT2D eigenvalue weighted by molar-refractivity contribution is 7.09. The van der Waals surface area contributed by atoms with Gasteiger partial charge in [-0.25, -0.2) is 4.98 Å². The van der Waals surface area contributed by atoms with E-state index in [1.165, 1.54) is 11.3 Å². The zero-order valence-corrected chi connectivity index (χ0v) is 24.3. The predicted octanol–water partition coefficient (Wildman–Crippen LogP) is 2.62. The van der Waals surface area contributed by atoms with Crippen LogP contribution in [0.3, 0.4) is 0 Å². The van der Waals surface area contributed by atoms with Crippen LogP contribution in [0.5, 0.6) is 0 Å². The summed E-state index contributed by atoms with van der Waals surface area (Å²) in [6.07, 6.45) is 1.82. The van der Waals surface area contributed by atoms with E-state index in [-0.39, 0.29) is 35.8 Å². The minimum Gasteiger partial charge on any atom is -0.361 e. The molecule has 4 N–H and O–H groups in total. The van der Waals surface area contributed by atoms with E-state index in [0.717, 1.165) is 5.56 Å². The number of fused-ring (bicyclic) bond motifs is 2. The Hall–Kier alpha value is -4.06. The summed E-state index contributed by atoms with van der Waals surface area (Å²) in [7, 11) is 0. The molecule has 11 nitrogen and oxygen atoms in total. The van der Waals surface area contributed by atoms with Crippen molar-refractivity contribution in [2.45, 2.75) is 71.0 Å². The molecule has 0 spiro atoms. The van der Waals surface area contributed by atoms with Crippen LogP contribution in [0.1, 0.15) is 71.7 Å². The first-order valence-electron chi connectivity index (χ1n) is 13.8. The smallest absolute Gasteiger partial charge is 0.271 e. The van der Waals surface area contributed by atoms with E-state index in [0.29, 0.717) is 48.7 Å². The van der Waals surface area contributed by atoms with E-state index in [9.17, 15) is 19.2 Å². The first-order valence-corrected chi connectivity index (χ1v) is 14.7. The minimum atomic E-state index is -0.801. The summed E-state index contributed by atoms with van der Waals surface area (Å²) in [5, 5.41) is 17.6. The molecule has 0 saturated carbocycles. The molecular formula is C29H36N6O5S. The lowest BCUT2D eigenvalue weighted by atomic mass is 10.0. The molecule has 0 radical (unpaired) electrons. The van der Waals surface area contributed by atoms with Gasteiger partial charge in [-0.1, -0.05) is 49.3 Å². The van der Waals surface area contributed by atoms with Crippen molar-refractivity contribution >= 4 is 35.0 Å². The third-order valence-electron chi connectivity index (χ3n) is 6.77. The second-order valence-electron chi connectivity index (χ2n) is 10.5. The van der Waals surface area contributed by atoms with Crippen molar-refractivity contribution in [1.82, 2.24) is 31.4 Å². The quantitative estimate of drug-likeness (QED) is 0.349. The van der Waals surface area contributed by atoms with Gasteiger partial charge < -0.3 is 25.8 Å². The molecule has 0 saturated heterocycles. The molecular weight excluding hydrogens is 544 g/mol. The summed E-state index contributed by atoms with van der Waals surface area (Å²) < 4.78 is 5.15. The lowest BCUT2D eigenvalue weighted by Gasteiger charge is -2.25. The van der Waals surface area contributed by atoms with Gasteiger partial charge in [-0.15, -0.1) is 11.3 Å². The molecule has 3 aromatic rings. The molecule has 218 valence electrons. The van der Waals surface area contributed by atoms with Gasteiger partial charge in [0.2, 0.25) is 17.7 Å². The normalized spacial score (nSPS) is 20.7. The van der Waals surface area contributed by atoms with Crippen LogP contribution in [0.4, 0.5) is 0 Å². The Kier molecular flexibility index (Phi) is 10.2. The molecule has 41 heavy (non-hydrogen) atoms. The second kappa shape index (κ2) is 14.0. The van der Waals surface area contributed by atoms with Crippen LogP contribution < -0.4 is 21.3 Å². The van der Waals surface area contributed by atoms with Crippen LogP contribution in [-0.4, -0.2) is 52.4 Å². The van der Waals surface area contributed by atoms with Crippen LogP contribution in [0.15, 0.2) is 46.3 Å². The van der Waals surface area contributed by atoms with Crippen molar-refractivity contribution in [2.24, 2.45) is 5.92 Å². The number of aryl methyl sites for hydroxylation is 1. The lowest BCUT2D eigenvalue weighted by Crippen LogP contribution is -2.49. The van der Waals surface area contributed by atoms with Crippen molar-refractivity contribution in [3.05, 3.63) is 69.5 Å². The van der Waals surface area contributed by atoms with Crippen LogP contribution in [0.25, 0.3) is 0 Å². The van der Waals surface area contributed by atoms with Gasteiger partial charge in [0, 0.05) is 24.4 Å². The van der Waals surface area contributed by atoms with Crippen LogP contribution in [-0.2, 0) is 27.2 Å². The molecule has 3 heterocycles. The van der Waals surface area contributed by atoms with Gasteiger partial charge >= 0.3 is 0 Å². The van der Waals surface area contributed by atoms with E-state index in [4.69, 9.17) is 4.52 Å². The number of benzene rings is 1. The molecule has 0 unspecified atom stereocenters. The summed E-state index contributed by atoms with van der Waals surface area (Å²) >= 11 is 1.26. The fraction of sp³-hybridized carbons (Fsp3) is 0.448. The van der Waals surface area contributed by atoms with Gasteiger partial charge in [0.25, 0.3) is 5.91 Å². The van der Waals surface area contributed by atoms with E-state index in [1.54, 1.807) is 18.4 Å². The minimum absolute atomic E-state index is 0.0370. The Bertz CT molecular complexity index is 1350. The number of thiazole rings is 1. The zero-order valence-electron chi connectivity index (χ0n) is 23.4. The first kappa shape index (κ1) is 29.9. The third-order valence-corrected chi connectivity index (χ3v) is 7.70. The molecule has 1 aliphatic heterocycles. The third kappa shape index (κ3) is 8.46.